The highest BCUT2D eigenvalue weighted by atomic mass is 14.8. The van der Waals surface area contributed by atoms with Crippen LogP contribution in [0.5, 0.6) is 0 Å². The van der Waals surface area contributed by atoms with E-state index in [0.717, 1.165) is 5.92 Å². The largest absolute Gasteiger partial charge is 0.293 e. The lowest BCUT2D eigenvalue weighted by atomic mass is 9.78. The summed E-state index contributed by atoms with van der Waals surface area (Å²) in [7, 11) is 0. The second kappa shape index (κ2) is 10.4. The molecular formula is C20H39N. The maximum atomic E-state index is 5.17. The fourth-order valence-corrected chi connectivity index (χ4v) is 3.91. The summed E-state index contributed by atoms with van der Waals surface area (Å²) in [6, 6.07) is 0.580. The van der Waals surface area contributed by atoms with Crippen molar-refractivity contribution in [2.45, 2.75) is 111 Å². The first-order valence-electron chi connectivity index (χ1n) is 9.75. The molecule has 1 aliphatic heterocycles. The van der Waals surface area contributed by atoms with E-state index in [1.165, 1.54) is 77.0 Å². The van der Waals surface area contributed by atoms with Gasteiger partial charge >= 0.3 is 0 Å². The van der Waals surface area contributed by atoms with E-state index in [9.17, 15) is 0 Å². The number of hydrogen-bond donors (Lipinski definition) is 0. The van der Waals surface area contributed by atoms with E-state index in [4.69, 9.17) is 4.99 Å². The Labute approximate surface area is 134 Å². The summed E-state index contributed by atoms with van der Waals surface area (Å²) < 4.78 is 0. The molecule has 1 atom stereocenters. The number of hydrogen-bond acceptors (Lipinski definition) is 1. The third kappa shape index (κ3) is 6.12. The minimum absolute atomic E-state index is 0.378. The molecule has 0 N–H and O–H groups in total. The Morgan fingerprint density at radius 1 is 0.905 bits per heavy atom. The third-order valence-electron chi connectivity index (χ3n) is 5.97. The molecule has 0 aromatic carbocycles. The summed E-state index contributed by atoms with van der Waals surface area (Å²) in [4.78, 5) is 5.17. The van der Waals surface area contributed by atoms with E-state index < -0.39 is 0 Å². The molecule has 21 heavy (non-hydrogen) atoms. The molecule has 124 valence electrons. The van der Waals surface area contributed by atoms with E-state index in [2.05, 4.69) is 33.9 Å². The second-order valence-electron chi connectivity index (χ2n) is 7.15. The quantitative estimate of drug-likeness (QED) is 0.528. The van der Waals surface area contributed by atoms with Crippen LogP contribution in [0.3, 0.4) is 0 Å². The van der Waals surface area contributed by atoms with E-state index in [-0.39, 0.29) is 0 Å². The van der Waals surface area contributed by atoms with Gasteiger partial charge in [0.25, 0.3) is 0 Å². The van der Waals surface area contributed by atoms with Crippen molar-refractivity contribution in [1.29, 1.82) is 0 Å². The standard InChI is InChI=1S/C20H39N/c1-5-18(6-2)19-15-13-11-9-10-12-14-16-20(7-3,8-4)17-21-19/h17-19H,5-16H2,1-4H3/b21-17+. The minimum Gasteiger partial charge on any atom is -0.293 e. The summed E-state index contributed by atoms with van der Waals surface area (Å²) in [6.45, 7) is 9.39. The van der Waals surface area contributed by atoms with Crippen molar-refractivity contribution >= 4 is 6.21 Å². The summed E-state index contributed by atoms with van der Waals surface area (Å²) in [5.74, 6) is 0.788. The third-order valence-corrected chi connectivity index (χ3v) is 5.97. The molecular weight excluding hydrogens is 254 g/mol. The van der Waals surface area contributed by atoms with Crippen molar-refractivity contribution in [3.8, 4) is 0 Å². The highest BCUT2D eigenvalue weighted by Gasteiger charge is 2.25. The Morgan fingerprint density at radius 2 is 1.48 bits per heavy atom. The Bertz CT molecular complexity index is 274. The predicted molar refractivity (Wildman–Crippen MR) is 96.3 cm³/mol. The lowest BCUT2D eigenvalue weighted by Gasteiger charge is -2.30. The molecule has 1 nitrogen and oxygen atoms in total. The zero-order valence-corrected chi connectivity index (χ0v) is 15.2. The molecule has 1 aliphatic rings. The molecule has 1 heterocycles. The summed E-state index contributed by atoms with van der Waals surface area (Å²) in [6.07, 6.45) is 18.6. The summed E-state index contributed by atoms with van der Waals surface area (Å²) in [5.41, 5.74) is 0.378. The van der Waals surface area contributed by atoms with Gasteiger partial charge in [-0.15, -0.1) is 0 Å². The molecule has 0 saturated heterocycles. The molecule has 0 amide bonds. The van der Waals surface area contributed by atoms with Crippen molar-refractivity contribution in [3.05, 3.63) is 0 Å². The van der Waals surface area contributed by atoms with Crippen LogP contribution in [-0.2, 0) is 0 Å². The lowest BCUT2D eigenvalue weighted by molar-refractivity contribution is 0.330. The highest BCUT2D eigenvalue weighted by Crippen LogP contribution is 2.33. The maximum Gasteiger partial charge on any atom is 0.0523 e. The first-order chi connectivity index (χ1) is 10.2. The highest BCUT2D eigenvalue weighted by molar-refractivity contribution is 5.65. The van der Waals surface area contributed by atoms with E-state index in [1.54, 1.807) is 0 Å². The van der Waals surface area contributed by atoms with Gasteiger partial charge in [-0.25, -0.2) is 0 Å². The second-order valence-corrected chi connectivity index (χ2v) is 7.15. The zero-order valence-electron chi connectivity index (χ0n) is 15.2. The Hall–Kier alpha value is -0.330. The molecule has 1 rings (SSSR count). The van der Waals surface area contributed by atoms with Crippen LogP contribution in [0, 0.1) is 11.3 Å². The molecule has 0 aromatic rings. The van der Waals surface area contributed by atoms with E-state index >= 15 is 0 Å². The average Bonchev–Trinajstić information content (AvgIpc) is 2.51. The number of aliphatic imine (C=N–C) groups is 1. The topological polar surface area (TPSA) is 12.4 Å². The Kier molecular flexibility index (Phi) is 9.27. The van der Waals surface area contributed by atoms with Crippen molar-refractivity contribution in [2.75, 3.05) is 0 Å². The normalized spacial score (nSPS) is 26.0. The van der Waals surface area contributed by atoms with Gasteiger partial charge in [-0.2, -0.15) is 0 Å². The van der Waals surface area contributed by atoms with Crippen molar-refractivity contribution in [1.82, 2.24) is 0 Å². The van der Waals surface area contributed by atoms with Gasteiger partial charge in [0.15, 0.2) is 0 Å². The SMILES string of the molecule is CCC(CC)C1CCCCCCCCC(CC)(CC)/C=N/1. The summed E-state index contributed by atoms with van der Waals surface area (Å²) >= 11 is 0. The molecule has 0 saturated carbocycles. The molecule has 1 heteroatoms. The van der Waals surface area contributed by atoms with Crippen LogP contribution in [0.1, 0.15) is 105 Å². The smallest absolute Gasteiger partial charge is 0.0523 e. The molecule has 0 fully saturated rings. The Morgan fingerprint density at radius 3 is 2.05 bits per heavy atom. The van der Waals surface area contributed by atoms with Crippen LogP contribution in [0.4, 0.5) is 0 Å². The van der Waals surface area contributed by atoms with Crippen molar-refractivity contribution in [3.63, 3.8) is 0 Å². The van der Waals surface area contributed by atoms with Crippen LogP contribution in [0.25, 0.3) is 0 Å². The fourth-order valence-electron chi connectivity index (χ4n) is 3.91. The first-order valence-corrected chi connectivity index (χ1v) is 9.75. The van der Waals surface area contributed by atoms with Gasteiger partial charge < -0.3 is 0 Å². The Balaban J connectivity index is 2.87. The molecule has 0 spiro atoms. The van der Waals surface area contributed by atoms with Gasteiger partial charge in [-0.3, -0.25) is 4.99 Å². The van der Waals surface area contributed by atoms with Crippen molar-refractivity contribution < 1.29 is 0 Å². The predicted octanol–water partition coefficient (Wildman–Crippen LogP) is 6.80. The molecule has 0 bridgehead atoms. The number of rotatable bonds is 5. The summed E-state index contributed by atoms with van der Waals surface area (Å²) in [5, 5.41) is 0. The van der Waals surface area contributed by atoms with Gasteiger partial charge in [0.1, 0.15) is 0 Å². The maximum absolute atomic E-state index is 5.17. The van der Waals surface area contributed by atoms with Crippen LogP contribution in [0.15, 0.2) is 4.99 Å². The van der Waals surface area contributed by atoms with Gasteiger partial charge in [0, 0.05) is 11.6 Å². The van der Waals surface area contributed by atoms with E-state index in [0.29, 0.717) is 11.5 Å². The van der Waals surface area contributed by atoms with Crippen molar-refractivity contribution in [2.24, 2.45) is 16.3 Å². The molecule has 0 aromatic heterocycles. The molecule has 0 radical (unpaired) electrons. The first kappa shape index (κ1) is 18.7. The average molecular weight is 294 g/mol. The molecule has 1 unspecified atom stereocenters. The number of nitrogens with zero attached hydrogens (tertiary/aromatic N) is 1. The molecule has 0 aliphatic carbocycles. The van der Waals surface area contributed by atoms with Gasteiger partial charge in [0.05, 0.1) is 6.04 Å². The zero-order chi connectivity index (χ0) is 15.6. The fraction of sp³-hybridized carbons (Fsp3) is 0.950. The van der Waals surface area contributed by atoms with Crippen LogP contribution in [0.2, 0.25) is 0 Å². The van der Waals surface area contributed by atoms with E-state index in [1.807, 2.05) is 0 Å². The van der Waals surface area contributed by atoms with Gasteiger partial charge in [-0.1, -0.05) is 79.1 Å². The van der Waals surface area contributed by atoms with Crippen LogP contribution in [-0.4, -0.2) is 12.3 Å². The lowest BCUT2D eigenvalue weighted by Crippen LogP contribution is -2.25. The van der Waals surface area contributed by atoms with Gasteiger partial charge in [-0.05, 0) is 31.6 Å². The van der Waals surface area contributed by atoms with Crippen LogP contribution >= 0.6 is 0 Å². The van der Waals surface area contributed by atoms with Gasteiger partial charge in [0.2, 0.25) is 0 Å². The minimum atomic E-state index is 0.378. The van der Waals surface area contributed by atoms with Crippen LogP contribution < -0.4 is 0 Å². The monoisotopic (exact) mass is 293 g/mol.